The molecule has 2 rings (SSSR count). The first-order valence-electron chi connectivity index (χ1n) is 5.23. The standard InChI is InChI=1S/C12H11BrF2N2/c1-3-17-12(11(13)7(2)16-17)9-6-8(14)4-5-10(9)15/h4-6H,3H2,1-2H3. The number of rotatable bonds is 2. The minimum Gasteiger partial charge on any atom is -0.264 e. The van der Waals surface area contributed by atoms with Crippen LogP contribution in [0.4, 0.5) is 8.78 Å². The second-order valence-electron chi connectivity index (χ2n) is 3.69. The van der Waals surface area contributed by atoms with Crippen LogP contribution in [0.5, 0.6) is 0 Å². The molecule has 1 aromatic heterocycles. The average Bonchev–Trinajstić information content (AvgIpc) is 2.59. The summed E-state index contributed by atoms with van der Waals surface area (Å²) in [6.07, 6.45) is 0. The van der Waals surface area contributed by atoms with E-state index in [1.54, 1.807) is 4.68 Å². The maximum absolute atomic E-state index is 13.7. The molecule has 1 aromatic carbocycles. The van der Waals surface area contributed by atoms with Crippen LogP contribution < -0.4 is 0 Å². The van der Waals surface area contributed by atoms with Crippen molar-refractivity contribution in [2.24, 2.45) is 0 Å². The molecule has 17 heavy (non-hydrogen) atoms. The summed E-state index contributed by atoms with van der Waals surface area (Å²) in [5.74, 6) is -0.920. The van der Waals surface area contributed by atoms with Crippen molar-refractivity contribution in [2.45, 2.75) is 20.4 Å². The van der Waals surface area contributed by atoms with Crippen molar-refractivity contribution in [1.82, 2.24) is 9.78 Å². The predicted molar refractivity (Wildman–Crippen MR) is 65.7 cm³/mol. The molecule has 0 bridgehead atoms. The van der Waals surface area contributed by atoms with Gasteiger partial charge in [0.05, 0.1) is 15.9 Å². The van der Waals surface area contributed by atoms with E-state index in [-0.39, 0.29) is 5.56 Å². The third-order valence-electron chi connectivity index (χ3n) is 2.54. The first kappa shape index (κ1) is 12.2. The highest BCUT2D eigenvalue weighted by Crippen LogP contribution is 2.32. The predicted octanol–water partition coefficient (Wildman–Crippen LogP) is 3.92. The van der Waals surface area contributed by atoms with E-state index < -0.39 is 11.6 Å². The maximum Gasteiger partial charge on any atom is 0.132 e. The van der Waals surface area contributed by atoms with E-state index in [2.05, 4.69) is 21.0 Å². The molecule has 0 aliphatic rings. The summed E-state index contributed by atoms with van der Waals surface area (Å²) in [5, 5.41) is 4.26. The van der Waals surface area contributed by atoms with Crippen LogP contribution >= 0.6 is 15.9 Å². The molecular weight excluding hydrogens is 290 g/mol. The number of aromatic nitrogens is 2. The Labute approximate surface area is 106 Å². The fourth-order valence-corrected chi connectivity index (χ4v) is 2.22. The topological polar surface area (TPSA) is 17.8 Å². The van der Waals surface area contributed by atoms with Crippen molar-refractivity contribution in [3.63, 3.8) is 0 Å². The Morgan fingerprint density at radius 1 is 1.35 bits per heavy atom. The van der Waals surface area contributed by atoms with Crippen molar-refractivity contribution >= 4 is 15.9 Å². The molecule has 0 radical (unpaired) electrons. The highest BCUT2D eigenvalue weighted by molar-refractivity contribution is 9.10. The van der Waals surface area contributed by atoms with Gasteiger partial charge in [0.15, 0.2) is 0 Å². The average molecular weight is 301 g/mol. The lowest BCUT2D eigenvalue weighted by atomic mass is 10.1. The Kier molecular flexibility index (Phi) is 3.28. The quantitative estimate of drug-likeness (QED) is 0.822. The number of aryl methyl sites for hydroxylation is 2. The Bertz CT molecular complexity index is 564. The van der Waals surface area contributed by atoms with Gasteiger partial charge in [-0.1, -0.05) is 0 Å². The monoisotopic (exact) mass is 300 g/mol. The van der Waals surface area contributed by atoms with Gasteiger partial charge in [-0.25, -0.2) is 8.78 Å². The van der Waals surface area contributed by atoms with Gasteiger partial charge < -0.3 is 0 Å². The molecule has 90 valence electrons. The molecule has 0 atom stereocenters. The van der Waals surface area contributed by atoms with Crippen molar-refractivity contribution in [1.29, 1.82) is 0 Å². The number of benzene rings is 1. The molecule has 0 unspecified atom stereocenters. The number of hydrogen-bond acceptors (Lipinski definition) is 1. The summed E-state index contributed by atoms with van der Waals surface area (Å²) in [4.78, 5) is 0. The van der Waals surface area contributed by atoms with Crippen molar-refractivity contribution < 1.29 is 8.78 Å². The van der Waals surface area contributed by atoms with Crippen LogP contribution in [0.2, 0.25) is 0 Å². The van der Waals surface area contributed by atoms with E-state index >= 15 is 0 Å². The molecule has 5 heteroatoms. The fraction of sp³-hybridized carbons (Fsp3) is 0.250. The lowest BCUT2D eigenvalue weighted by Gasteiger charge is -2.07. The first-order valence-corrected chi connectivity index (χ1v) is 6.02. The van der Waals surface area contributed by atoms with Gasteiger partial charge in [0.25, 0.3) is 0 Å². The second kappa shape index (κ2) is 4.56. The van der Waals surface area contributed by atoms with Gasteiger partial charge in [-0.3, -0.25) is 4.68 Å². The zero-order valence-electron chi connectivity index (χ0n) is 9.47. The van der Waals surface area contributed by atoms with Gasteiger partial charge in [0.2, 0.25) is 0 Å². The second-order valence-corrected chi connectivity index (χ2v) is 4.48. The molecule has 0 N–H and O–H groups in total. The molecule has 0 amide bonds. The SMILES string of the molecule is CCn1nc(C)c(Br)c1-c1cc(F)ccc1F. The zero-order chi connectivity index (χ0) is 12.6. The highest BCUT2D eigenvalue weighted by atomic mass is 79.9. The fourth-order valence-electron chi connectivity index (χ4n) is 1.72. The van der Waals surface area contributed by atoms with Crippen molar-refractivity contribution in [3.8, 4) is 11.3 Å². The molecule has 0 aliphatic carbocycles. The third-order valence-corrected chi connectivity index (χ3v) is 3.49. The number of halogens is 3. The van der Waals surface area contributed by atoms with Gasteiger partial charge in [-0.15, -0.1) is 0 Å². The van der Waals surface area contributed by atoms with Crippen LogP contribution in [0.25, 0.3) is 11.3 Å². The molecule has 2 nitrogen and oxygen atoms in total. The Balaban J connectivity index is 2.71. The van der Waals surface area contributed by atoms with E-state index in [1.165, 1.54) is 6.07 Å². The normalized spacial score (nSPS) is 10.9. The number of hydrogen-bond donors (Lipinski definition) is 0. The van der Waals surface area contributed by atoms with E-state index in [0.717, 1.165) is 17.8 Å². The lowest BCUT2D eigenvalue weighted by Crippen LogP contribution is -2.01. The maximum atomic E-state index is 13.7. The minimum absolute atomic E-state index is 0.222. The van der Waals surface area contributed by atoms with E-state index in [9.17, 15) is 8.78 Å². The molecule has 1 heterocycles. The summed E-state index contributed by atoms with van der Waals surface area (Å²) < 4.78 is 29.3. The molecular formula is C12H11BrF2N2. The summed E-state index contributed by atoms with van der Waals surface area (Å²) in [7, 11) is 0. The zero-order valence-corrected chi connectivity index (χ0v) is 11.1. The first-order chi connectivity index (χ1) is 8.04. The summed E-state index contributed by atoms with van der Waals surface area (Å²) >= 11 is 3.36. The van der Waals surface area contributed by atoms with Crippen molar-refractivity contribution in [2.75, 3.05) is 0 Å². The van der Waals surface area contributed by atoms with E-state index in [1.807, 2.05) is 13.8 Å². The Morgan fingerprint density at radius 2 is 2.06 bits per heavy atom. The van der Waals surface area contributed by atoms with Crippen molar-refractivity contribution in [3.05, 3.63) is 40.0 Å². The van der Waals surface area contributed by atoms with Gasteiger partial charge >= 0.3 is 0 Å². The Hall–Kier alpha value is -1.23. The summed E-state index contributed by atoms with van der Waals surface area (Å²) in [6.45, 7) is 4.31. The molecule has 0 fully saturated rings. The van der Waals surface area contributed by atoms with E-state index in [4.69, 9.17) is 0 Å². The number of nitrogens with zero attached hydrogens (tertiary/aromatic N) is 2. The van der Waals surface area contributed by atoms with Crippen LogP contribution in [0.15, 0.2) is 22.7 Å². The molecule has 0 aliphatic heterocycles. The van der Waals surface area contributed by atoms with Crippen LogP contribution in [0.1, 0.15) is 12.6 Å². The summed E-state index contributed by atoms with van der Waals surface area (Å²) in [5.41, 5.74) is 1.55. The third kappa shape index (κ3) is 2.11. The molecule has 2 aromatic rings. The summed E-state index contributed by atoms with van der Waals surface area (Å²) in [6, 6.07) is 3.41. The van der Waals surface area contributed by atoms with Crippen LogP contribution in [-0.4, -0.2) is 9.78 Å². The van der Waals surface area contributed by atoms with E-state index in [0.29, 0.717) is 16.7 Å². The largest absolute Gasteiger partial charge is 0.264 e. The Morgan fingerprint density at radius 3 is 2.71 bits per heavy atom. The van der Waals surface area contributed by atoms with Gasteiger partial charge in [0.1, 0.15) is 11.6 Å². The smallest absolute Gasteiger partial charge is 0.132 e. The highest BCUT2D eigenvalue weighted by Gasteiger charge is 2.17. The lowest BCUT2D eigenvalue weighted by molar-refractivity contribution is 0.597. The molecule has 0 saturated heterocycles. The van der Waals surface area contributed by atoms with Crippen LogP contribution in [-0.2, 0) is 6.54 Å². The van der Waals surface area contributed by atoms with Gasteiger partial charge in [0, 0.05) is 12.1 Å². The van der Waals surface area contributed by atoms with Crippen LogP contribution in [0.3, 0.4) is 0 Å². The molecule has 0 saturated carbocycles. The van der Waals surface area contributed by atoms with Crippen LogP contribution in [0, 0.1) is 18.6 Å². The molecule has 0 spiro atoms. The minimum atomic E-state index is -0.463. The van der Waals surface area contributed by atoms with Gasteiger partial charge in [-0.05, 0) is 48.0 Å². The van der Waals surface area contributed by atoms with Gasteiger partial charge in [-0.2, -0.15) is 5.10 Å².